The van der Waals surface area contributed by atoms with Gasteiger partial charge in [0, 0.05) is 18.0 Å². The summed E-state index contributed by atoms with van der Waals surface area (Å²) in [5.41, 5.74) is 1.46. The number of ether oxygens (including phenoxy) is 1. The van der Waals surface area contributed by atoms with E-state index in [0.29, 0.717) is 35.7 Å². The number of para-hydroxylation sites is 1. The lowest BCUT2D eigenvalue weighted by Crippen LogP contribution is -2.35. The van der Waals surface area contributed by atoms with Crippen molar-refractivity contribution in [3.05, 3.63) is 51.2 Å². The van der Waals surface area contributed by atoms with Gasteiger partial charge in [0.1, 0.15) is 10.6 Å². The molecule has 114 valence electrons. The highest BCUT2D eigenvalue weighted by atomic mass is 32.1. The highest BCUT2D eigenvalue weighted by Gasteiger charge is 2.26. The van der Waals surface area contributed by atoms with Crippen LogP contribution in [-0.4, -0.2) is 35.5 Å². The van der Waals surface area contributed by atoms with Gasteiger partial charge in [0.05, 0.1) is 12.7 Å². The first-order valence-electron chi connectivity index (χ1n) is 6.87. The summed E-state index contributed by atoms with van der Waals surface area (Å²) < 4.78 is 5.24. The molecule has 2 heterocycles. The van der Waals surface area contributed by atoms with Crippen molar-refractivity contribution in [2.45, 2.75) is 13.0 Å². The average Bonchev–Trinajstić information content (AvgIpc) is 2.97. The Bertz CT molecular complexity index is 737. The van der Waals surface area contributed by atoms with E-state index in [9.17, 15) is 9.59 Å². The standard InChI is InChI=1S/C16H15NO4S/c1-21-12-5-3-2-4-11(12)15(18)17-7-6-13-10(9-17)8-14(22-13)16(19)20/h2-5,8H,6-7,9H2,1H3,(H,19,20). The number of hydrogen-bond acceptors (Lipinski definition) is 4. The van der Waals surface area contributed by atoms with Crippen molar-refractivity contribution in [3.63, 3.8) is 0 Å². The summed E-state index contributed by atoms with van der Waals surface area (Å²) in [6.07, 6.45) is 0.689. The maximum Gasteiger partial charge on any atom is 0.345 e. The molecule has 22 heavy (non-hydrogen) atoms. The molecule has 2 aromatic rings. The third-order valence-electron chi connectivity index (χ3n) is 3.70. The molecule has 0 saturated carbocycles. The Morgan fingerprint density at radius 3 is 2.82 bits per heavy atom. The van der Waals surface area contributed by atoms with Crippen LogP contribution in [0.4, 0.5) is 0 Å². The van der Waals surface area contributed by atoms with Crippen LogP contribution in [0, 0.1) is 0 Å². The smallest absolute Gasteiger partial charge is 0.345 e. The molecule has 1 aromatic carbocycles. The first kappa shape index (κ1) is 14.6. The molecule has 0 bridgehead atoms. The zero-order chi connectivity index (χ0) is 15.7. The third-order valence-corrected chi connectivity index (χ3v) is 4.93. The zero-order valence-electron chi connectivity index (χ0n) is 12.0. The lowest BCUT2D eigenvalue weighted by Gasteiger charge is -2.27. The van der Waals surface area contributed by atoms with Crippen LogP contribution in [-0.2, 0) is 13.0 Å². The number of fused-ring (bicyclic) bond motifs is 1. The van der Waals surface area contributed by atoms with E-state index in [1.54, 1.807) is 36.3 Å². The monoisotopic (exact) mass is 317 g/mol. The zero-order valence-corrected chi connectivity index (χ0v) is 12.9. The summed E-state index contributed by atoms with van der Waals surface area (Å²) in [6.45, 7) is 1.03. The number of benzene rings is 1. The molecule has 0 radical (unpaired) electrons. The van der Waals surface area contributed by atoms with Crippen LogP contribution in [0.1, 0.15) is 30.5 Å². The number of amides is 1. The minimum atomic E-state index is -0.915. The van der Waals surface area contributed by atoms with Gasteiger partial charge in [-0.05, 0) is 30.2 Å². The Hall–Kier alpha value is -2.34. The molecule has 3 rings (SSSR count). The molecule has 0 atom stereocenters. The predicted octanol–water partition coefficient (Wildman–Crippen LogP) is 2.65. The number of carboxylic acid groups (broad SMARTS) is 1. The van der Waals surface area contributed by atoms with Crippen LogP contribution in [0.15, 0.2) is 30.3 Å². The SMILES string of the molecule is COc1ccccc1C(=O)N1CCc2sc(C(=O)O)cc2C1. The maximum absolute atomic E-state index is 12.7. The fourth-order valence-corrected chi connectivity index (χ4v) is 3.61. The van der Waals surface area contributed by atoms with Gasteiger partial charge in [-0.15, -0.1) is 11.3 Å². The summed E-state index contributed by atoms with van der Waals surface area (Å²) in [6, 6.07) is 8.80. The predicted molar refractivity (Wildman–Crippen MR) is 82.7 cm³/mol. The summed E-state index contributed by atoms with van der Waals surface area (Å²) >= 11 is 1.30. The Kier molecular flexibility index (Phi) is 3.85. The highest BCUT2D eigenvalue weighted by Crippen LogP contribution is 2.30. The van der Waals surface area contributed by atoms with E-state index < -0.39 is 5.97 Å². The molecule has 1 N–H and O–H groups in total. The lowest BCUT2D eigenvalue weighted by molar-refractivity contribution is 0.0701. The minimum Gasteiger partial charge on any atom is -0.496 e. The van der Waals surface area contributed by atoms with Gasteiger partial charge in [-0.25, -0.2) is 4.79 Å². The number of methoxy groups -OCH3 is 1. The van der Waals surface area contributed by atoms with E-state index in [1.165, 1.54) is 11.3 Å². The van der Waals surface area contributed by atoms with Crippen molar-refractivity contribution in [2.75, 3.05) is 13.7 Å². The van der Waals surface area contributed by atoms with Crippen molar-refractivity contribution >= 4 is 23.2 Å². The number of hydrogen-bond donors (Lipinski definition) is 1. The van der Waals surface area contributed by atoms with Gasteiger partial charge in [-0.1, -0.05) is 12.1 Å². The lowest BCUT2D eigenvalue weighted by atomic mass is 10.1. The van der Waals surface area contributed by atoms with Crippen LogP contribution >= 0.6 is 11.3 Å². The number of carbonyl (C=O) groups is 2. The molecular formula is C16H15NO4S. The van der Waals surface area contributed by atoms with Gasteiger partial charge in [0.2, 0.25) is 0 Å². The van der Waals surface area contributed by atoms with E-state index in [1.807, 2.05) is 6.07 Å². The molecule has 1 aliphatic rings. The number of carbonyl (C=O) groups excluding carboxylic acids is 1. The normalized spacial score (nSPS) is 13.6. The molecule has 1 aliphatic heterocycles. The van der Waals surface area contributed by atoms with E-state index in [-0.39, 0.29) is 5.91 Å². The minimum absolute atomic E-state index is 0.0915. The van der Waals surface area contributed by atoms with Gasteiger partial charge in [0.25, 0.3) is 5.91 Å². The van der Waals surface area contributed by atoms with E-state index in [0.717, 1.165) is 10.4 Å². The van der Waals surface area contributed by atoms with Gasteiger partial charge in [-0.3, -0.25) is 4.79 Å². The van der Waals surface area contributed by atoms with Crippen LogP contribution in [0.25, 0.3) is 0 Å². The first-order valence-corrected chi connectivity index (χ1v) is 7.69. The quantitative estimate of drug-likeness (QED) is 0.945. The molecule has 1 aromatic heterocycles. The van der Waals surface area contributed by atoms with Crippen molar-refractivity contribution in [1.29, 1.82) is 0 Å². The number of thiophene rings is 1. The van der Waals surface area contributed by atoms with Crippen molar-refractivity contribution in [2.24, 2.45) is 0 Å². The van der Waals surface area contributed by atoms with Gasteiger partial charge >= 0.3 is 5.97 Å². The molecule has 0 spiro atoms. The third kappa shape index (κ3) is 2.57. The Morgan fingerprint density at radius 1 is 1.32 bits per heavy atom. The van der Waals surface area contributed by atoms with Crippen molar-refractivity contribution in [3.8, 4) is 5.75 Å². The molecular weight excluding hydrogens is 302 g/mol. The maximum atomic E-state index is 12.7. The van der Waals surface area contributed by atoms with E-state index in [2.05, 4.69) is 0 Å². The second-order valence-electron chi connectivity index (χ2n) is 5.04. The molecule has 6 heteroatoms. The molecule has 5 nitrogen and oxygen atoms in total. The highest BCUT2D eigenvalue weighted by molar-refractivity contribution is 7.14. The van der Waals surface area contributed by atoms with Crippen LogP contribution in [0.5, 0.6) is 5.75 Å². The molecule has 0 aliphatic carbocycles. The van der Waals surface area contributed by atoms with Gasteiger partial charge < -0.3 is 14.7 Å². The fourth-order valence-electron chi connectivity index (χ4n) is 2.60. The van der Waals surface area contributed by atoms with Gasteiger partial charge in [0.15, 0.2) is 0 Å². The van der Waals surface area contributed by atoms with Crippen LogP contribution < -0.4 is 4.74 Å². The van der Waals surface area contributed by atoms with E-state index in [4.69, 9.17) is 9.84 Å². The number of aromatic carboxylic acids is 1. The Labute approximate surface area is 131 Å². The molecule has 1 amide bonds. The summed E-state index contributed by atoms with van der Waals surface area (Å²) in [4.78, 5) is 26.8. The van der Waals surface area contributed by atoms with Gasteiger partial charge in [-0.2, -0.15) is 0 Å². The largest absolute Gasteiger partial charge is 0.496 e. The average molecular weight is 317 g/mol. The first-order chi connectivity index (χ1) is 10.6. The van der Waals surface area contributed by atoms with Crippen molar-refractivity contribution < 1.29 is 19.4 Å². The number of rotatable bonds is 3. The topological polar surface area (TPSA) is 66.8 Å². The Morgan fingerprint density at radius 2 is 2.09 bits per heavy atom. The fraction of sp³-hybridized carbons (Fsp3) is 0.250. The number of nitrogens with zero attached hydrogens (tertiary/aromatic N) is 1. The Balaban J connectivity index is 1.85. The van der Waals surface area contributed by atoms with Crippen molar-refractivity contribution in [1.82, 2.24) is 4.90 Å². The summed E-state index contributed by atoms with van der Waals surface area (Å²) in [7, 11) is 1.54. The second-order valence-corrected chi connectivity index (χ2v) is 6.18. The second kappa shape index (κ2) is 5.81. The van der Waals surface area contributed by atoms with Crippen LogP contribution in [0.3, 0.4) is 0 Å². The molecule has 0 unspecified atom stereocenters. The molecule has 0 fully saturated rings. The summed E-state index contributed by atoms with van der Waals surface area (Å²) in [5.74, 6) is -0.456. The summed E-state index contributed by atoms with van der Waals surface area (Å²) in [5, 5.41) is 9.07. The van der Waals surface area contributed by atoms with E-state index >= 15 is 0 Å². The number of carboxylic acids is 1. The molecule has 0 saturated heterocycles. The van der Waals surface area contributed by atoms with Crippen LogP contribution in [0.2, 0.25) is 0 Å².